The van der Waals surface area contributed by atoms with E-state index in [0.29, 0.717) is 0 Å². The van der Waals surface area contributed by atoms with E-state index in [1.165, 1.54) is 7.05 Å². The Bertz CT molecular complexity index is 456. The summed E-state index contributed by atoms with van der Waals surface area (Å²) in [4.78, 5) is 22.9. The molecule has 0 radical (unpaired) electrons. The predicted molar refractivity (Wildman–Crippen MR) is 66.4 cm³/mol. The zero-order valence-electron chi connectivity index (χ0n) is 10.8. The number of hydrogen-bond acceptors (Lipinski definition) is 3. The molecule has 1 N–H and O–H groups in total. The minimum Gasteiger partial charge on any atom is -0.480 e. The molecule has 18 heavy (non-hydrogen) atoms. The van der Waals surface area contributed by atoms with Crippen LogP contribution in [0.1, 0.15) is 16.7 Å². The Morgan fingerprint density at radius 2 is 2.00 bits per heavy atom. The number of carboxylic acid groups (broad SMARTS) is 1. The molecule has 0 saturated heterocycles. The quantitative estimate of drug-likeness (QED) is 0.888. The zero-order chi connectivity index (χ0) is 13.7. The van der Waals surface area contributed by atoms with Crippen molar-refractivity contribution in [3.05, 3.63) is 34.9 Å². The van der Waals surface area contributed by atoms with Crippen molar-refractivity contribution in [2.75, 3.05) is 13.6 Å². The molecule has 0 aliphatic heterocycles. The lowest BCUT2D eigenvalue weighted by molar-refractivity contribution is -0.137. The summed E-state index contributed by atoms with van der Waals surface area (Å²) in [5.41, 5.74) is 3.10. The molecule has 0 aliphatic rings. The number of rotatable bonds is 4. The largest absolute Gasteiger partial charge is 0.480 e. The molecule has 98 valence electrons. The second-order valence-corrected chi connectivity index (χ2v) is 4.23. The van der Waals surface area contributed by atoms with Crippen LogP contribution in [0.4, 0.5) is 4.79 Å². The molecule has 0 fully saturated rings. The molecule has 5 nitrogen and oxygen atoms in total. The van der Waals surface area contributed by atoms with Crippen LogP contribution in [0.25, 0.3) is 0 Å². The van der Waals surface area contributed by atoms with Gasteiger partial charge in [0.25, 0.3) is 0 Å². The van der Waals surface area contributed by atoms with Gasteiger partial charge in [-0.05, 0) is 25.0 Å². The Hall–Kier alpha value is -2.04. The number of aryl methyl sites for hydroxylation is 2. The lowest BCUT2D eigenvalue weighted by Crippen LogP contribution is -2.32. The summed E-state index contributed by atoms with van der Waals surface area (Å²) in [6, 6.07) is 5.84. The number of amides is 1. The molecule has 0 atom stereocenters. The summed E-state index contributed by atoms with van der Waals surface area (Å²) in [6.07, 6.45) is -0.641. The van der Waals surface area contributed by atoms with Gasteiger partial charge in [-0.15, -0.1) is 0 Å². The van der Waals surface area contributed by atoms with E-state index in [0.717, 1.165) is 21.6 Å². The molecule has 0 spiro atoms. The average Bonchev–Trinajstić information content (AvgIpc) is 2.26. The van der Waals surface area contributed by atoms with Crippen molar-refractivity contribution in [1.29, 1.82) is 0 Å². The first-order chi connectivity index (χ1) is 8.40. The van der Waals surface area contributed by atoms with E-state index in [4.69, 9.17) is 9.84 Å². The smallest absolute Gasteiger partial charge is 0.410 e. The van der Waals surface area contributed by atoms with E-state index >= 15 is 0 Å². The van der Waals surface area contributed by atoms with Gasteiger partial charge in [0.2, 0.25) is 0 Å². The van der Waals surface area contributed by atoms with Gasteiger partial charge in [-0.2, -0.15) is 0 Å². The Kier molecular flexibility index (Phi) is 4.71. The molecule has 0 heterocycles. The fourth-order valence-corrected chi connectivity index (χ4v) is 1.52. The topological polar surface area (TPSA) is 66.8 Å². The van der Waals surface area contributed by atoms with Gasteiger partial charge < -0.3 is 14.7 Å². The molecule has 5 heteroatoms. The summed E-state index contributed by atoms with van der Waals surface area (Å²) in [6.45, 7) is 3.71. The van der Waals surface area contributed by atoms with E-state index in [1.54, 1.807) is 0 Å². The number of nitrogens with zero attached hydrogens (tertiary/aromatic N) is 1. The maximum Gasteiger partial charge on any atom is 0.410 e. The zero-order valence-corrected chi connectivity index (χ0v) is 10.8. The van der Waals surface area contributed by atoms with E-state index in [-0.39, 0.29) is 13.2 Å². The van der Waals surface area contributed by atoms with Crippen LogP contribution in [-0.2, 0) is 16.1 Å². The van der Waals surface area contributed by atoms with E-state index < -0.39 is 12.1 Å². The lowest BCUT2D eigenvalue weighted by atomic mass is 10.1. The molecule has 0 aromatic heterocycles. The third-order valence-corrected chi connectivity index (χ3v) is 2.53. The molecule has 1 rings (SSSR count). The first-order valence-corrected chi connectivity index (χ1v) is 5.56. The predicted octanol–water partition coefficient (Wildman–Crippen LogP) is 1.96. The number of ether oxygens (including phenoxy) is 1. The van der Waals surface area contributed by atoms with Gasteiger partial charge in [0, 0.05) is 7.05 Å². The van der Waals surface area contributed by atoms with Crippen molar-refractivity contribution in [2.24, 2.45) is 0 Å². The normalized spacial score (nSPS) is 9.94. The van der Waals surface area contributed by atoms with Crippen molar-refractivity contribution in [1.82, 2.24) is 4.90 Å². The van der Waals surface area contributed by atoms with Gasteiger partial charge in [-0.25, -0.2) is 4.79 Å². The number of likely N-dealkylation sites (N-methyl/N-ethyl adjacent to an activating group) is 1. The molecule has 0 bridgehead atoms. The van der Waals surface area contributed by atoms with Gasteiger partial charge in [-0.3, -0.25) is 4.79 Å². The molecule has 1 aromatic rings. The lowest BCUT2D eigenvalue weighted by Gasteiger charge is -2.15. The molecule has 1 amide bonds. The second-order valence-electron chi connectivity index (χ2n) is 4.23. The summed E-state index contributed by atoms with van der Waals surface area (Å²) < 4.78 is 5.04. The summed E-state index contributed by atoms with van der Waals surface area (Å²) in [5, 5.41) is 8.54. The summed E-state index contributed by atoms with van der Waals surface area (Å²) in [7, 11) is 1.39. The van der Waals surface area contributed by atoms with E-state index in [9.17, 15) is 9.59 Å². The number of carboxylic acids is 1. The summed E-state index contributed by atoms with van der Waals surface area (Å²) in [5.74, 6) is -1.07. The van der Waals surface area contributed by atoms with Crippen LogP contribution in [0.3, 0.4) is 0 Å². The standard InChI is InChI=1S/C13H17NO4/c1-9-4-5-11(10(2)6-9)8-18-13(17)14(3)7-12(15)16/h4-6H,7-8H2,1-3H3,(H,15,16). The Balaban J connectivity index is 2.54. The molecule has 0 aliphatic carbocycles. The fourth-order valence-electron chi connectivity index (χ4n) is 1.52. The van der Waals surface area contributed by atoms with Gasteiger partial charge in [-0.1, -0.05) is 23.8 Å². The Morgan fingerprint density at radius 3 is 2.56 bits per heavy atom. The highest BCUT2D eigenvalue weighted by atomic mass is 16.6. The minimum atomic E-state index is -1.07. The highest BCUT2D eigenvalue weighted by Gasteiger charge is 2.13. The number of aliphatic carboxylic acids is 1. The van der Waals surface area contributed by atoms with Crippen LogP contribution in [0, 0.1) is 13.8 Å². The third-order valence-electron chi connectivity index (χ3n) is 2.53. The fraction of sp³-hybridized carbons (Fsp3) is 0.385. The van der Waals surface area contributed by atoms with Crippen molar-refractivity contribution < 1.29 is 19.4 Å². The van der Waals surface area contributed by atoms with Crippen LogP contribution in [0.15, 0.2) is 18.2 Å². The monoisotopic (exact) mass is 251 g/mol. The average molecular weight is 251 g/mol. The van der Waals surface area contributed by atoms with Crippen LogP contribution in [-0.4, -0.2) is 35.7 Å². The number of hydrogen-bond donors (Lipinski definition) is 1. The maximum absolute atomic E-state index is 11.5. The van der Waals surface area contributed by atoms with Gasteiger partial charge in [0.05, 0.1) is 0 Å². The molecule has 0 unspecified atom stereocenters. The van der Waals surface area contributed by atoms with Crippen molar-refractivity contribution in [3.8, 4) is 0 Å². The van der Waals surface area contributed by atoms with E-state index in [1.807, 2.05) is 32.0 Å². The Labute approximate surface area is 106 Å². The Morgan fingerprint density at radius 1 is 1.33 bits per heavy atom. The number of carbonyl (C=O) groups excluding carboxylic acids is 1. The maximum atomic E-state index is 11.5. The second kappa shape index (κ2) is 6.05. The van der Waals surface area contributed by atoms with Crippen LogP contribution < -0.4 is 0 Å². The summed E-state index contributed by atoms with van der Waals surface area (Å²) >= 11 is 0. The highest BCUT2D eigenvalue weighted by molar-refractivity contribution is 5.76. The number of carbonyl (C=O) groups is 2. The van der Waals surface area contributed by atoms with Crippen LogP contribution >= 0.6 is 0 Å². The van der Waals surface area contributed by atoms with Crippen molar-refractivity contribution >= 4 is 12.1 Å². The van der Waals surface area contributed by atoms with Crippen molar-refractivity contribution in [2.45, 2.75) is 20.5 Å². The van der Waals surface area contributed by atoms with Crippen LogP contribution in [0.2, 0.25) is 0 Å². The van der Waals surface area contributed by atoms with E-state index in [2.05, 4.69) is 0 Å². The van der Waals surface area contributed by atoms with Crippen molar-refractivity contribution in [3.63, 3.8) is 0 Å². The van der Waals surface area contributed by atoms with Gasteiger partial charge in [0.1, 0.15) is 13.2 Å². The first-order valence-electron chi connectivity index (χ1n) is 5.56. The molecular weight excluding hydrogens is 234 g/mol. The third kappa shape index (κ3) is 4.08. The number of benzene rings is 1. The SMILES string of the molecule is Cc1ccc(COC(=O)N(C)CC(=O)O)c(C)c1. The van der Waals surface area contributed by atoms with Crippen LogP contribution in [0.5, 0.6) is 0 Å². The molecular formula is C13H17NO4. The first kappa shape index (κ1) is 14.0. The highest BCUT2D eigenvalue weighted by Crippen LogP contribution is 2.12. The molecule has 0 saturated carbocycles. The van der Waals surface area contributed by atoms with Gasteiger partial charge >= 0.3 is 12.1 Å². The molecule has 1 aromatic carbocycles. The van der Waals surface area contributed by atoms with Gasteiger partial charge in [0.15, 0.2) is 0 Å². The minimum absolute atomic E-state index is 0.148.